The summed E-state index contributed by atoms with van der Waals surface area (Å²) in [6.07, 6.45) is 39.6. The first-order chi connectivity index (χ1) is 23.5. The molecule has 0 aliphatic heterocycles. The summed E-state index contributed by atoms with van der Waals surface area (Å²) in [7, 11) is 0. The van der Waals surface area contributed by atoms with Crippen LogP contribution in [0.1, 0.15) is 219 Å². The molecule has 0 radical (unpaired) electrons. The van der Waals surface area contributed by atoms with Gasteiger partial charge in [0.05, 0.1) is 13.2 Å². The van der Waals surface area contributed by atoms with Gasteiger partial charge in [0.2, 0.25) is 0 Å². The van der Waals surface area contributed by atoms with Gasteiger partial charge in [-0.25, -0.2) is 0 Å². The molecule has 0 aliphatic carbocycles. The van der Waals surface area contributed by atoms with E-state index in [1.807, 2.05) is 0 Å². The molecule has 288 valence electrons. The predicted octanol–water partition coefficient (Wildman–Crippen LogP) is 10.9. The molecule has 0 saturated carbocycles. The molecule has 0 unspecified atom stereocenters. The molecule has 0 saturated heterocycles. The van der Waals surface area contributed by atoms with Crippen LogP contribution in [-0.4, -0.2) is 59.8 Å². The van der Waals surface area contributed by atoms with Gasteiger partial charge in [0.15, 0.2) is 0 Å². The van der Waals surface area contributed by atoms with Crippen LogP contribution >= 0.6 is 0 Å². The quantitative estimate of drug-likeness (QED) is 0.0440. The third kappa shape index (κ3) is 44.8. The number of carbonyl (C=O) groups is 2. The number of hydrogen-bond donors (Lipinski definition) is 3. The van der Waals surface area contributed by atoms with Gasteiger partial charge < -0.3 is 24.8 Å². The zero-order valence-electron chi connectivity index (χ0n) is 32.0. The van der Waals surface area contributed by atoms with Crippen LogP contribution in [0.5, 0.6) is 0 Å². The van der Waals surface area contributed by atoms with Gasteiger partial charge in [-0.05, 0) is 12.8 Å². The van der Waals surface area contributed by atoms with Crippen molar-refractivity contribution in [3.63, 3.8) is 0 Å². The van der Waals surface area contributed by atoms with E-state index in [0.717, 1.165) is 25.7 Å². The molecule has 0 aliphatic rings. The van der Waals surface area contributed by atoms with Crippen LogP contribution in [0.25, 0.3) is 0 Å². The number of esters is 2. The molecular formula is C41H82O7. The molecule has 0 aromatic rings. The average Bonchev–Trinajstić information content (AvgIpc) is 3.10. The Morgan fingerprint density at radius 1 is 0.396 bits per heavy atom. The lowest BCUT2D eigenvalue weighted by atomic mass is 10.0. The average molecular weight is 687 g/mol. The van der Waals surface area contributed by atoms with Crippen molar-refractivity contribution in [3.05, 3.63) is 0 Å². The number of hydrogen-bond acceptors (Lipinski definition) is 7. The molecule has 0 spiro atoms. The van der Waals surface area contributed by atoms with Crippen molar-refractivity contribution < 1.29 is 34.4 Å². The van der Waals surface area contributed by atoms with Gasteiger partial charge in [-0.15, -0.1) is 0 Å². The second kappa shape index (κ2) is 43.8. The van der Waals surface area contributed by atoms with Gasteiger partial charge in [0.1, 0.15) is 19.3 Å². The molecular weight excluding hydrogens is 604 g/mol. The lowest BCUT2D eigenvalue weighted by molar-refractivity contribution is -0.152. The predicted molar refractivity (Wildman–Crippen MR) is 201 cm³/mol. The van der Waals surface area contributed by atoms with Gasteiger partial charge in [-0.2, -0.15) is 0 Å². The molecule has 0 fully saturated rings. The number of ether oxygens (including phenoxy) is 2. The first-order valence-corrected chi connectivity index (χ1v) is 20.7. The highest BCUT2D eigenvalue weighted by molar-refractivity contribution is 5.70. The molecule has 3 N–H and O–H groups in total. The van der Waals surface area contributed by atoms with Gasteiger partial charge in [-0.1, -0.05) is 194 Å². The number of rotatable bonds is 37. The van der Waals surface area contributed by atoms with Crippen LogP contribution in [0.4, 0.5) is 0 Å². The molecule has 0 heterocycles. The standard InChI is InChI=1S/C38H74O4.C3H8O3/c1-3-5-7-9-11-13-15-17-19-21-23-25-27-29-31-33-37(39)41-35-36-42-38(40)34-32-30-28-26-24-22-20-18-16-14-12-10-8-6-4-2;4-1-3(6)2-5/h3-36H2,1-2H3;3-6H,1-2H2. The summed E-state index contributed by atoms with van der Waals surface area (Å²) in [5.41, 5.74) is 0. The first-order valence-electron chi connectivity index (χ1n) is 20.7. The molecule has 0 aromatic heterocycles. The minimum atomic E-state index is -0.954. The Hall–Kier alpha value is -1.18. The molecule has 7 heteroatoms. The van der Waals surface area contributed by atoms with E-state index >= 15 is 0 Å². The van der Waals surface area contributed by atoms with E-state index in [0.29, 0.717) is 12.8 Å². The van der Waals surface area contributed by atoms with Crippen molar-refractivity contribution in [2.45, 2.75) is 225 Å². The Bertz CT molecular complexity index is 576. The summed E-state index contributed by atoms with van der Waals surface area (Å²) in [4.78, 5) is 23.8. The van der Waals surface area contributed by atoms with Crippen molar-refractivity contribution in [1.29, 1.82) is 0 Å². The molecule has 0 atom stereocenters. The molecule has 48 heavy (non-hydrogen) atoms. The van der Waals surface area contributed by atoms with E-state index in [1.54, 1.807) is 0 Å². The molecule has 0 amide bonds. The fourth-order valence-electron chi connectivity index (χ4n) is 5.79. The van der Waals surface area contributed by atoms with Crippen LogP contribution in [-0.2, 0) is 19.1 Å². The molecule has 0 aromatic carbocycles. The van der Waals surface area contributed by atoms with Crippen molar-refractivity contribution in [1.82, 2.24) is 0 Å². The van der Waals surface area contributed by atoms with Crippen molar-refractivity contribution >= 4 is 11.9 Å². The summed E-state index contributed by atoms with van der Waals surface area (Å²) < 4.78 is 10.5. The fourth-order valence-corrected chi connectivity index (χ4v) is 5.79. The highest BCUT2D eigenvalue weighted by Gasteiger charge is 2.06. The fraction of sp³-hybridized carbons (Fsp3) is 0.951. The lowest BCUT2D eigenvalue weighted by Crippen LogP contribution is -2.15. The molecule has 0 rings (SSSR count). The summed E-state index contributed by atoms with van der Waals surface area (Å²) >= 11 is 0. The highest BCUT2D eigenvalue weighted by Crippen LogP contribution is 2.15. The van der Waals surface area contributed by atoms with Crippen LogP contribution in [0.3, 0.4) is 0 Å². The number of carbonyl (C=O) groups excluding carboxylic acids is 2. The lowest BCUT2D eigenvalue weighted by Gasteiger charge is -2.07. The van der Waals surface area contributed by atoms with E-state index in [4.69, 9.17) is 24.8 Å². The summed E-state index contributed by atoms with van der Waals surface area (Å²) in [5.74, 6) is -0.327. The van der Waals surface area contributed by atoms with Crippen LogP contribution < -0.4 is 0 Å². The van der Waals surface area contributed by atoms with Gasteiger partial charge in [0, 0.05) is 12.8 Å². The Balaban J connectivity index is 0. The van der Waals surface area contributed by atoms with E-state index in [-0.39, 0.29) is 38.4 Å². The van der Waals surface area contributed by atoms with Gasteiger partial charge in [-0.3, -0.25) is 9.59 Å². The number of aliphatic hydroxyl groups excluding tert-OH is 3. The normalized spacial score (nSPS) is 11.0. The third-order valence-electron chi connectivity index (χ3n) is 9.00. The van der Waals surface area contributed by atoms with Crippen molar-refractivity contribution in [2.24, 2.45) is 0 Å². The minimum Gasteiger partial charge on any atom is -0.462 e. The van der Waals surface area contributed by atoms with Gasteiger partial charge in [0.25, 0.3) is 0 Å². The minimum absolute atomic E-state index is 0.164. The van der Waals surface area contributed by atoms with E-state index in [1.165, 1.54) is 167 Å². The zero-order valence-corrected chi connectivity index (χ0v) is 32.0. The number of aliphatic hydroxyl groups is 3. The molecule has 7 nitrogen and oxygen atoms in total. The van der Waals surface area contributed by atoms with Crippen molar-refractivity contribution in [3.8, 4) is 0 Å². The molecule has 0 bridgehead atoms. The monoisotopic (exact) mass is 687 g/mol. The zero-order chi connectivity index (χ0) is 35.6. The largest absolute Gasteiger partial charge is 0.462 e. The topological polar surface area (TPSA) is 113 Å². The maximum Gasteiger partial charge on any atom is 0.305 e. The van der Waals surface area contributed by atoms with Crippen LogP contribution in [0, 0.1) is 0 Å². The van der Waals surface area contributed by atoms with Gasteiger partial charge >= 0.3 is 11.9 Å². The van der Waals surface area contributed by atoms with E-state index in [9.17, 15) is 9.59 Å². The third-order valence-corrected chi connectivity index (χ3v) is 9.00. The SMILES string of the molecule is CCCCCCCCCCCCCCCCCC(=O)OCCOC(=O)CCCCCCCCCCCCCCCCC.OCC(O)CO. The first kappa shape index (κ1) is 48.9. The second-order valence-electron chi connectivity index (χ2n) is 13.9. The van der Waals surface area contributed by atoms with E-state index < -0.39 is 6.10 Å². The summed E-state index contributed by atoms with van der Waals surface area (Å²) in [5, 5.41) is 24.0. The Morgan fingerprint density at radius 3 is 0.792 bits per heavy atom. The summed E-state index contributed by atoms with van der Waals surface area (Å²) in [6.45, 7) is 4.19. The Kier molecular flexibility index (Phi) is 44.7. The smallest absolute Gasteiger partial charge is 0.305 e. The van der Waals surface area contributed by atoms with Crippen LogP contribution in [0.2, 0.25) is 0 Å². The maximum atomic E-state index is 11.9. The maximum absolute atomic E-state index is 11.9. The van der Waals surface area contributed by atoms with Crippen molar-refractivity contribution in [2.75, 3.05) is 26.4 Å². The second-order valence-corrected chi connectivity index (χ2v) is 13.9. The number of unbranched alkanes of at least 4 members (excludes halogenated alkanes) is 28. The van der Waals surface area contributed by atoms with E-state index in [2.05, 4.69) is 13.8 Å². The Labute approximate surface area is 297 Å². The Morgan fingerprint density at radius 2 is 0.604 bits per heavy atom. The highest BCUT2D eigenvalue weighted by atomic mass is 16.6. The summed E-state index contributed by atoms with van der Waals surface area (Å²) in [6, 6.07) is 0. The van der Waals surface area contributed by atoms with Crippen LogP contribution in [0.15, 0.2) is 0 Å².